The molecule has 1 aliphatic rings. The van der Waals surface area contributed by atoms with Gasteiger partial charge in [0.1, 0.15) is 6.61 Å². The number of hydrogen-bond donors (Lipinski definition) is 0. The van der Waals surface area contributed by atoms with Gasteiger partial charge in [-0.05, 0) is 25.8 Å². The van der Waals surface area contributed by atoms with E-state index in [4.69, 9.17) is 4.74 Å². The Kier molecular flexibility index (Phi) is 4.75. The molecule has 8 heteroatoms. The predicted octanol–water partition coefficient (Wildman–Crippen LogP) is 3.32. The third kappa shape index (κ3) is 3.53. The van der Waals surface area contributed by atoms with Crippen molar-refractivity contribution in [3.63, 3.8) is 0 Å². The number of carbonyl (C=O) groups is 1. The Hall–Kier alpha value is -2.48. The zero-order valence-electron chi connectivity index (χ0n) is 13.2. The Morgan fingerprint density at radius 2 is 2.17 bits per heavy atom. The highest BCUT2D eigenvalue weighted by molar-refractivity contribution is 7.09. The summed E-state index contributed by atoms with van der Waals surface area (Å²) in [6, 6.07) is 4.35. The number of nitrogens with zero attached hydrogens (tertiary/aromatic N) is 3. The molecule has 3 rings (SSSR count). The lowest BCUT2D eigenvalue weighted by molar-refractivity contribution is -0.384. The minimum atomic E-state index is -0.564. The lowest BCUT2D eigenvalue weighted by Crippen LogP contribution is -2.21. The Morgan fingerprint density at radius 1 is 1.42 bits per heavy atom. The molecule has 1 aromatic carbocycles. The number of non-ortho nitro benzene ring substituents is 1. The smallest absolute Gasteiger partial charge is 0.340 e. The van der Waals surface area contributed by atoms with Gasteiger partial charge in [-0.15, -0.1) is 11.3 Å². The molecule has 0 radical (unpaired) electrons. The Balaban J connectivity index is 1.83. The van der Waals surface area contributed by atoms with Crippen molar-refractivity contribution in [2.24, 2.45) is 0 Å². The molecule has 0 saturated carbocycles. The predicted molar refractivity (Wildman–Crippen MR) is 90.5 cm³/mol. The molecule has 7 nitrogen and oxygen atoms in total. The Bertz CT molecular complexity index is 768. The maximum atomic E-state index is 12.5. The fraction of sp³-hybridized carbons (Fsp3) is 0.375. The molecule has 1 saturated heterocycles. The van der Waals surface area contributed by atoms with Crippen LogP contribution in [0.3, 0.4) is 0 Å². The summed E-state index contributed by atoms with van der Waals surface area (Å²) in [5.74, 6) is -0.564. The average Bonchev–Trinajstić information content (AvgIpc) is 3.23. The van der Waals surface area contributed by atoms with E-state index in [0.29, 0.717) is 11.4 Å². The minimum Gasteiger partial charge on any atom is -0.455 e. The van der Waals surface area contributed by atoms with Crippen molar-refractivity contribution >= 4 is 28.7 Å². The van der Waals surface area contributed by atoms with Gasteiger partial charge in [-0.3, -0.25) is 10.1 Å². The summed E-state index contributed by atoms with van der Waals surface area (Å²) < 4.78 is 5.32. The fourth-order valence-electron chi connectivity index (χ4n) is 2.73. The molecule has 2 aromatic rings. The molecule has 0 spiro atoms. The van der Waals surface area contributed by atoms with Crippen molar-refractivity contribution in [1.82, 2.24) is 4.98 Å². The number of nitro benzene ring substituents is 1. The maximum Gasteiger partial charge on any atom is 0.340 e. The van der Waals surface area contributed by atoms with E-state index >= 15 is 0 Å². The second-order valence-corrected chi connectivity index (χ2v) is 6.65. The molecule has 1 aliphatic heterocycles. The summed E-state index contributed by atoms with van der Waals surface area (Å²) in [5, 5.41) is 13.7. The van der Waals surface area contributed by atoms with Gasteiger partial charge < -0.3 is 9.64 Å². The fourth-order valence-corrected chi connectivity index (χ4v) is 3.32. The number of carbonyl (C=O) groups excluding carboxylic acids is 1. The summed E-state index contributed by atoms with van der Waals surface area (Å²) in [6.07, 6.45) is 2.09. The van der Waals surface area contributed by atoms with Crippen LogP contribution in [0.5, 0.6) is 0 Å². The number of hydrogen-bond acceptors (Lipinski definition) is 7. The van der Waals surface area contributed by atoms with Gasteiger partial charge in [0.2, 0.25) is 0 Å². The Labute approximate surface area is 143 Å². The normalized spacial score (nSPS) is 14.0. The van der Waals surface area contributed by atoms with Crippen LogP contribution in [0.4, 0.5) is 11.4 Å². The molecule has 0 N–H and O–H groups in total. The summed E-state index contributed by atoms with van der Waals surface area (Å²) in [5.41, 5.74) is 1.49. The Morgan fingerprint density at radius 3 is 2.79 bits per heavy atom. The van der Waals surface area contributed by atoms with E-state index < -0.39 is 10.9 Å². The van der Waals surface area contributed by atoms with Crippen LogP contribution < -0.4 is 4.90 Å². The number of thiazole rings is 1. The van der Waals surface area contributed by atoms with Crippen molar-refractivity contribution in [2.75, 3.05) is 18.0 Å². The highest BCUT2D eigenvalue weighted by atomic mass is 32.1. The summed E-state index contributed by atoms with van der Waals surface area (Å²) >= 11 is 1.48. The molecule has 0 atom stereocenters. The number of benzene rings is 1. The van der Waals surface area contributed by atoms with Crippen LogP contribution in [0, 0.1) is 17.0 Å². The van der Waals surface area contributed by atoms with Crippen molar-refractivity contribution in [3.8, 4) is 0 Å². The van der Waals surface area contributed by atoms with Crippen molar-refractivity contribution < 1.29 is 14.5 Å². The van der Waals surface area contributed by atoms with Gasteiger partial charge in [-0.1, -0.05) is 0 Å². The molecule has 0 amide bonds. The quantitative estimate of drug-likeness (QED) is 0.468. The molecule has 24 heavy (non-hydrogen) atoms. The van der Waals surface area contributed by atoms with E-state index in [1.165, 1.54) is 23.5 Å². The van der Waals surface area contributed by atoms with Gasteiger partial charge in [0.05, 0.1) is 26.9 Å². The van der Waals surface area contributed by atoms with E-state index in [1.54, 1.807) is 6.07 Å². The van der Waals surface area contributed by atoms with Crippen molar-refractivity contribution in [1.29, 1.82) is 0 Å². The molecular formula is C16H17N3O4S. The van der Waals surface area contributed by atoms with E-state index in [0.717, 1.165) is 30.9 Å². The number of aryl methyl sites for hydroxylation is 1. The molecule has 0 bridgehead atoms. The highest BCUT2D eigenvalue weighted by Gasteiger charge is 2.23. The van der Waals surface area contributed by atoms with Gasteiger partial charge in [0.15, 0.2) is 0 Å². The van der Waals surface area contributed by atoms with Gasteiger partial charge in [-0.25, -0.2) is 9.78 Å². The van der Waals surface area contributed by atoms with E-state index in [9.17, 15) is 14.9 Å². The first-order valence-electron chi connectivity index (χ1n) is 7.66. The first-order valence-corrected chi connectivity index (χ1v) is 8.54. The first kappa shape index (κ1) is 16.4. The molecule has 1 fully saturated rings. The maximum absolute atomic E-state index is 12.5. The largest absolute Gasteiger partial charge is 0.455 e. The monoisotopic (exact) mass is 347 g/mol. The van der Waals surface area contributed by atoms with Gasteiger partial charge in [0.25, 0.3) is 5.69 Å². The van der Waals surface area contributed by atoms with Crippen LogP contribution in [0.15, 0.2) is 23.6 Å². The van der Waals surface area contributed by atoms with Crippen LogP contribution in [-0.2, 0) is 11.3 Å². The van der Waals surface area contributed by atoms with Gasteiger partial charge >= 0.3 is 5.97 Å². The summed E-state index contributed by atoms with van der Waals surface area (Å²) in [7, 11) is 0. The number of aromatic nitrogens is 1. The summed E-state index contributed by atoms with van der Waals surface area (Å²) in [6.45, 7) is 3.61. The van der Waals surface area contributed by atoms with Crippen molar-refractivity contribution in [3.05, 3.63) is 50.0 Å². The lowest BCUT2D eigenvalue weighted by atomic mass is 10.1. The molecule has 0 unspecified atom stereocenters. The molecule has 0 aliphatic carbocycles. The third-order valence-corrected chi connectivity index (χ3v) is 4.70. The number of ether oxygens (including phenoxy) is 1. The summed E-state index contributed by atoms with van der Waals surface area (Å²) in [4.78, 5) is 29.3. The molecule has 126 valence electrons. The lowest BCUT2D eigenvalue weighted by Gasteiger charge is -2.20. The second-order valence-electron chi connectivity index (χ2n) is 5.59. The molecular weight excluding hydrogens is 330 g/mol. The standard InChI is InChI=1S/C16H17N3O4S/c1-11-17-12(10-24-11)9-23-16(20)14-8-13(19(21)22)4-5-15(14)18-6-2-3-7-18/h4-5,8,10H,2-3,6-7,9H2,1H3. The van der Waals surface area contributed by atoms with Crippen LogP contribution in [0.25, 0.3) is 0 Å². The van der Waals surface area contributed by atoms with Gasteiger partial charge in [0, 0.05) is 30.6 Å². The highest BCUT2D eigenvalue weighted by Crippen LogP contribution is 2.29. The molecule has 2 heterocycles. The van der Waals surface area contributed by atoms with Crippen LogP contribution >= 0.6 is 11.3 Å². The van der Waals surface area contributed by atoms with Gasteiger partial charge in [-0.2, -0.15) is 0 Å². The topological polar surface area (TPSA) is 85.6 Å². The van der Waals surface area contributed by atoms with Crippen LogP contribution in [0.1, 0.15) is 33.9 Å². The molecule has 1 aromatic heterocycles. The number of nitro groups is 1. The van der Waals surface area contributed by atoms with Crippen LogP contribution in [-0.4, -0.2) is 29.0 Å². The SMILES string of the molecule is Cc1nc(COC(=O)c2cc([N+](=O)[O-])ccc2N2CCCC2)cs1. The van der Waals surface area contributed by atoms with E-state index in [-0.39, 0.29) is 17.9 Å². The minimum absolute atomic E-state index is 0.0608. The second kappa shape index (κ2) is 6.96. The number of anilines is 1. The number of rotatable bonds is 5. The first-order chi connectivity index (χ1) is 11.5. The van der Waals surface area contributed by atoms with Crippen LogP contribution in [0.2, 0.25) is 0 Å². The zero-order chi connectivity index (χ0) is 17.1. The number of esters is 1. The zero-order valence-corrected chi connectivity index (χ0v) is 14.0. The van der Waals surface area contributed by atoms with E-state index in [1.807, 2.05) is 12.3 Å². The van der Waals surface area contributed by atoms with Crippen molar-refractivity contribution in [2.45, 2.75) is 26.4 Å². The van der Waals surface area contributed by atoms with E-state index in [2.05, 4.69) is 9.88 Å². The third-order valence-electron chi connectivity index (χ3n) is 3.88. The average molecular weight is 347 g/mol.